The van der Waals surface area contributed by atoms with Gasteiger partial charge in [-0.25, -0.2) is 12.7 Å². The summed E-state index contributed by atoms with van der Waals surface area (Å²) < 4.78 is 29.6. The minimum atomic E-state index is -3.36. The molecule has 106 valence electrons. The highest BCUT2D eigenvalue weighted by molar-refractivity contribution is 7.89. The summed E-state index contributed by atoms with van der Waals surface area (Å²) in [5, 5.41) is 0. The van der Waals surface area contributed by atoms with Crippen LogP contribution in [-0.4, -0.2) is 49.6 Å². The zero-order valence-electron chi connectivity index (χ0n) is 10.7. The number of hydrogen-bond donors (Lipinski definition) is 1. The van der Waals surface area contributed by atoms with Gasteiger partial charge in [0.1, 0.15) is 0 Å². The van der Waals surface area contributed by atoms with Gasteiger partial charge in [-0.3, -0.25) is 4.79 Å². The van der Waals surface area contributed by atoms with Crippen molar-refractivity contribution in [3.8, 4) is 0 Å². The predicted molar refractivity (Wildman–Crippen MR) is 73.7 cm³/mol. The quantitative estimate of drug-likeness (QED) is 0.485. The second-order valence-corrected chi connectivity index (χ2v) is 6.32. The maximum absolute atomic E-state index is 11.9. The third-order valence-corrected chi connectivity index (χ3v) is 4.60. The van der Waals surface area contributed by atoms with Gasteiger partial charge in [-0.2, -0.15) is 0 Å². The van der Waals surface area contributed by atoms with Crippen LogP contribution in [0.3, 0.4) is 0 Å². The standard InChI is InChI=1S/C10H20N2O4S2/c1-3-12(7-6-9(11)17)18(14,15)8-4-5-10(13)16-2/h3-8H2,1-2H3,(H2,11,17). The van der Waals surface area contributed by atoms with Gasteiger partial charge in [0.25, 0.3) is 0 Å². The summed E-state index contributed by atoms with van der Waals surface area (Å²) in [7, 11) is -2.09. The predicted octanol–water partition coefficient (Wildman–Crippen LogP) is 0.268. The maximum Gasteiger partial charge on any atom is 0.305 e. The molecule has 0 aliphatic heterocycles. The maximum atomic E-state index is 11.9. The molecule has 0 aromatic carbocycles. The van der Waals surface area contributed by atoms with E-state index in [9.17, 15) is 13.2 Å². The van der Waals surface area contributed by atoms with Crippen LogP contribution in [0.2, 0.25) is 0 Å². The molecule has 0 radical (unpaired) electrons. The molecule has 0 saturated heterocycles. The lowest BCUT2D eigenvalue weighted by molar-refractivity contribution is -0.140. The first-order valence-corrected chi connectivity index (χ1v) is 7.68. The molecule has 2 N–H and O–H groups in total. The van der Waals surface area contributed by atoms with Gasteiger partial charge in [-0.15, -0.1) is 0 Å². The Balaban J connectivity index is 4.30. The molecule has 0 heterocycles. The van der Waals surface area contributed by atoms with Crippen LogP contribution < -0.4 is 5.73 Å². The lowest BCUT2D eigenvalue weighted by atomic mass is 10.3. The van der Waals surface area contributed by atoms with Crippen molar-refractivity contribution < 1.29 is 17.9 Å². The Hall–Kier alpha value is -0.730. The summed E-state index contributed by atoms with van der Waals surface area (Å²) in [5.74, 6) is -0.482. The summed E-state index contributed by atoms with van der Waals surface area (Å²) in [6.45, 7) is 2.40. The Morgan fingerprint density at radius 2 is 2.00 bits per heavy atom. The van der Waals surface area contributed by atoms with E-state index < -0.39 is 16.0 Å². The van der Waals surface area contributed by atoms with Crippen molar-refractivity contribution in [2.75, 3.05) is 26.0 Å². The van der Waals surface area contributed by atoms with Crippen molar-refractivity contribution >= 4 is 33.2 Å². The van der Waals surface area contributed by atoms with E-state index in [0.717, 1.165) is 0 Å². The van der Waals surface area contributed by atoms with Crippen LogP contribution in [0.5, 0.6) is 0 Å². The molecule has 0 fully saturated rings. The molecule has 0 atom stereocenters. The molecule has 6 nitrogen and oxygen atoms in total. The number of ether oxygens (including phenoxy) is 1. The molecule has 0 aromatic rings. The lowest BCUT2D eigenvalue weighted by Gasteiger charge is -2.19. The smallest absolute Gasteiger partial charge is 0.305 e. The largest absolute Gasteiger partial charge is 0.469 e. The zero-order valence-corrected chi connectivity index (χ0v) is 12.3. The molecular weight excluding hydrogens is 276 g/mol. The number of hydrogen-bond acceptors (Lipinski definition) is 5. The summed E-state index contributed by atoms with van der Waals surface area (Å²) in [6, 6.07) is 0. The second kappa shape index (κ2) is 8.39. The van der Waals surface area contributed by atoms with Crippen molar-refractivity contribution in [1.29, 1.82) is 0 Å². The summed E-state index contributed by atoms with van der Waals surface area (Å²) in [6.07, 6.45) is 0.709. The Bertz CT molecular complexity index is 381. The number of thiocarbonyl (C=S) groups is 1. The molecule has 0 rings (SSSR count). The fourth-order valence-corrected chi connectivity index (χ4v) is 2.98. The summed E-state index contributed by atoms with van der Waals surface area (Å²) in [5.41, 5.74) is 5.35. The first-order chi connectivity index (χ1) is 8.33. The average Bonchev–Trinajstić information content (AvgIpc) is 2.28. The molecule has 0 bridgehead atoms. The molecule has 18 heavy (non-hydrogen) atoms. The Morgan fingerprint density at radius 1 is 1.39 bits per heavy atom. The van der Waals surface area contributed by atoms with E-state index >= 15 is 0 Å². The second-order valence-electron chi connectivity index (χ2n) is 3.70. The van der Waals surface area contributed by atoms with Gasteiger partial charge in [0, 0.05) is 25.9 Å². The van der Waals surface area contributed by atoms with Crippen LogP contribution in [0, 0.1) is 0 Å². The number of carbonyl (C=O) groups is 1. The zero-order chi connectivity index (χ0) is 14.2. The lowest BCUT2D eigenvalue weighted by Crippen LogP contribution is -2.35. The van der Waals surface area contributed by atoms with Crippen LogP contribution >= 0.6 is 12.2 Å². The van der Waals surface area contributed by atoms with Crippen LogP contribution in [-0.2, 0) is 19.6 Å². The van der Waals surface area contributed by atoms with Crippen LogP contribution in [0.4, 0.5) is 0 Å². The molecule has 0 amide bonds. The first-order valence-electron chi connectivity index (χ1n) is 5.66. The van der Waals surface area contributed by atoms with Gasteiger partial charge in [0.05, 0.1) is 17.9 Å². The SMILES string of the molecule is CCN(CCC(N)=S)S(=O)(=O)CCCC(=O)OC. The summed E-state index contributed by atoms with van der Waals surface area (Å²) in [4.78, 5) is 11.2. The topological polar surface area (TPSA) is 89.7 Å². The summed E-state index contributed by atoms with van der Waals surface area (Å²) >= 11 is 4.72. The van der Waals surface area contributed by atoms with Gasteiger partial charge in [0.2, 0.25) is 10.0 Å². The van der Waals surface area contributed by atoms with Crippen LogP contribution in [0.25, 0.3) is 0 Å². The number of rotatable bonds is 9. The number of esters is 1. The Morgan fingerprint density at radius 3 is 2.44 bits per heavy atom. The van der Waals surface area contributed by atoms with Gasteiger partial charge >= 0.3 is 5.97 Å². The fourth-order valence-electron chi connectivity index (χ4n) is 1.36. The first kappa shape index (κ1) is 17.3. The monoisotopic (exact) mass is 296 g/mol. The van der Waals surface area contributed by atoms with E-state index in [1.54, 1.807) is 6.92 Å². The van der Waals surface area contributed by atoms with Crippen LogP contribution in [0.15, 0.2) is 0 Å². The van der Waals surface area contributed by atoms with E-state index in [-0.39, 0.29) is 25.1 Å². The molecule has 0 spiro atoms. The minimum Gasteiger partial charge on any atom is -0.469 e. The third kappa shape index (κ3) is 6.87. The van der Waals surface area contributed by atoms with Crippen molar-refractivity contribution in [2.45, 2.75) is 26.2 Å². The van der Waals surface area contributed by atoms with Crippen molar-refractivity contribution in [3.63, 3.8) is 0 Å². The van der Waals surface area contributed by atoms with Gasteiger partial charge in [0.15, 0.2) is 0 Å². The van der Waals surface area contributed by atoms with Crippen LogP contribution in [0.1, 0.15) is 26.2 Å². The van der Waals surface area contributed by atoms with Gasteiger partial charge in [-0.05, 0) is 6.42 Å². The molecular formula is C10H20N2O4S2. The molecule has 8 heteroatoms. The Kier molecular flexibility index (Phi) is 8.05. The average molecular weight is 296 g/mol. The van der Waals surface area contributed by atoms with E-state index in [2.05, 4.69) is 4.74 Å². The highest BCUT2D eigenvalue weighted by Crippen LogP contribution is 2.06. The normalized spacial score (nSPS) is 11.5. The van der Waals surface area contributed by atoms with E-state index in [4.69, 9.17) is 18.0 Å². The molecule has 0 unspecified atom stereocenters. The Labute approximate surface area is 114 Å². The molecule has 0 aliphatic rings. The van der Waals surface area contributed by atoms with Gasteiger partial charge in [-0.1, -0.05) is 19.1 Å². The number of nitrogens with two attached hydrogens (primary N) is 1. The van der Waals surface area contributed by atoms with Crippen molar-refractivity contribution in [3.05, 3.63) is 0 Å². The highest BCUT2D eigenvalue weighted by atomic mass is 32.2. The van der Waals surface area contributed by atoms with Crippen molar-refractivity contribution in [1.82, 2.24) is 4.31 Å². The number of methoxy groups -OCH3 is 1. The molecule has 0 aromatic heterocycles. The number of nitrogens with zero attached hydrogens (tertiary/aromatic N) is 1. The van der Waals surface area contributed by atoms with E-state index in [0.29, 0.717) is 18.0 Å². The fraction of sp³-hybridized carbons (Fsp3) is 0.800. The van der Waals surface area contributed by atoms with E-state index in [1.807, 2.05) is 0 Å². The molecule has 0 aliphatic carbocycles. The van der Waals surface area contributed by atoms with Crippen molar-refractivity contribution in [2.24, 2.45) is 5.73 Å². The number of carbonyl (C=O) groups excluding carboxylic acids is 1. The number of sulfonamides is 1. The van der Waals surface area contributed by atoms with Gasteiger partial charge < -0.3 is 10.5 Å². The highest BCUT2D eigenvalue weighted by Gasteiger charge is 2.20. The third-order valence-electron chi connectivity index (χ3n) is 2.36. The minimum absolute atomic E-state index is 0.0761. The molecule has 0 saturated carbocycles. The van der Waals surface area contributed by atoms with E-state index in [1.165, 1.54) is 11.4 Å².